The molecule has 1 fully saturated rings. The molecule has 124 valence electrons. The number of carboxylic acids is 1. The van der Waals surface area contributed by atoms with Crippen molar-refractivity contribution >= 4 is 12.0 Å². The molecule has 3 rings (SSSR count). The molecular weight excluding hydrogens is 296 g/mol. The zero-order valence-corrected chi connectivity index (χ0v) is 13.5. The van der Waals surface area contributed by atoms with Crippen molar-refractivity contribution in [1.29, 1.82) is 0 Å². The van der Waals surface area contributed by atoms with Crippen LogP contribution in [0, 0.1) is 0 Å². The van der Waals surface area contributed by atoms with E-state index < -0.39 is 12.0 Å². The Hall–Kier alpha value is -2.05. The minimum absolute atomic E-state index is 0.443. The van der Waals surface area contributed by atoms with Gasteiger partial charge in [0, 0.05) is 31.7 Å². The van der Waals surface area contributed by atoms with E-state index in [1.54, 1.807) is 7.11 Å². The molecule has 0 radical (unpaired) electrons. The van der Waals surface area contributed by atoms with Gasteiger partial charge in [0.25, 0.3) is 0 Å². The Balaban J connectivity index is 1.71. The number of methoxy groups -OCH3 is 1. The van der Waals surface area contributed by atoms with E-state index in [1.165, 1.54) is 0 Å². The van der Waals surface area contributed by atoms with E-state index in [0.29, 0.717) is 13.2 Å². The standard InChI is InChI=1S/C17H22N2O4/c1-18-6-7-19(10-14(18)17(20)21)9-12-8-13-4-3-5-15(22-2)16(13)23-11-12/h3-5,8,14H,6-7,9-11H2,1-2H3,(H,20,21)/t14-/m1/s1. The van der Waals surface area contributed by atoms with E-state index in [2.05, 4.69) is 11.0 Å². The summed E-state index contributed by atoms with van der Waals surface area (Å²) in [6.45, 7) is 3.40. The lowest BCUT2D eigenvalue weighted by atomic mass is 10.1. The number of hydrogen-bond acceptors (Lipinski definition) is 5. The van der Waals surface area contributed by atoms with Crippen molar-refractivity contribution in [3.63, 3.8) is 0 Å². The van der Waals surface area contributed by atoms with Crippen molar-refractivity contribution in [2.24, 2.45) is 0 Å². The van der Waals surface area contributed by atoms with Gasteiger partial charge in [-0.1, -0.05) is 12.1 Å². The molecule has 0 amide bonds. The van der Waals surface area contributed by atoms with Crippen LogP contribution in [-0.2, 0) is 4.79 Å². The first kappa shape index (κ1) is 15.8. The van der Waals surface area contributed by atoms with Gasteiger partial charge in [0.15, 0.2) is 11.5 Å². The molecule has 1 saturated heterocycles. The number of piperazine rings is 1. The summed E-state index contributed by atoms with van der Waals surface area (Å²) in [4.78, 5) is 15.4. The third kappa shape index (κ3) is 3.33. The number of para-hydroxylation sites is 1. The van der Waals surface area contributed by atoms with Crippen LogP contribution in [0.5, 0.6) is 11.5 Å². The van der Waals surface area contributed by atoms with Crippen molar-refractivity contribution < 1.29 is 19.4 Å². The van der Waals surface area contributed by atoms with Crippen molar-refractivity contribution in [2.45, 2.75) is 6.04 Å². The van der Waals surface area contributed by atoms with Crippen LogP contribution >= 0.6 is 0 Å². The molecule has 0 spiro atoms. The summed E-state index contributed by atoms with van der Waals surface area (Å²) in [6.07, 6.45) is 2.12. The molecule has 1 aromatic carbocycles. The Bertz CT molecular complexity index is 629. The summed E-state index contributed by atoms with van der Waals surface area (Å²) >= 11 is 0. The first-order valence-corrected chi connectivity index (χ1v) is 7.73. The molecule has 2 aliphatic heterocycles. The van der Waals surface area contributed by atoms with Gasteiger partial charge in [0.1, 0.15) is 12.6 Å². The number of fused-ring (bicyclic) bond motifs is 1. The maximum absolute atomic E-state index is 11.3. The highest BCUT2D eigenvalue weighted by atomic mass is 16.5. The molecule has 0 unspecified atom stereocenters. The van der Waals surface area contributed by atoms with Gasteiger partial charge in [-0.05, 0) is 24.8 Å². The maximum Gasteiger partial charge on any atom is 0.322 e. The Morgan fingerprint density at radius 2 is 2.26 bits per heavy atom. The fourth-order valence-electron chi connectivity index (χ4n) is 3.11. The van der Waals surface area contributed by atoms with Crippen LogP contribution in [0.25, 0.3) is 6.08 Å². The molecule has 0 aliphatic carbocycles. The van der Waals surface area contributed by atoms with Crippen LogP contribution in [0.15, 0.2) is 23.8 Å². The normalized spacial score (nSPS) is 22.0. The summed E-state index contributed by atoms with van der Waals surface area (Å²) in [7, 11) is 3.50. The molecular formula is C17H22N2O4. The smallest absolute Gasteiger partial charge is 0.322 e. The monoisotopic (exact) mass is 318 g/mol. The van der Waals surface area contributed by atoms with E-state index >= 15 is 0 Å². The van der Waals surface area contributed by atoms with Gasteiger partial charge in [-0.15, -0.1) is 0 Å². The van der Waals surface area contributed by atoms with E-state index in [0.717, 1.165) is 42.3 Å². The highest BCUT2D eigenvalue weighted by Gasteiger charge is 2.30. The molecule has 1 atom stereocenters. The lowest BCUT2D eigenvalue weighted by Crippen LogP contribution is -2.55. The van der Waals surface area contributed by atoms with E-state index in [-0.39, 0.29) is 0 Å². The lowest BCUT2D eigenvalue weighted by molar-refractivity contribution is -0.145. The third-order valence-electron chi connectivity index (χ3n) is 4.43. The average molecular weight is 318 g/mol. The zero-order chi connectivity index (χ0) is 16.4. The Kier molecular flexibility index (Phi) is 4.54. The number of carbonyl (C=O) groups is 1. The minimum atomic E-state index is -0.763. The Morgan fingerprint density at radius 1 is 1.43 bits per heavy atom. The SMILES string of the molecule is COc1cccc2c1OCC(CN1CCN(C)[C@@H](C(=O)O)C1)=C2. The fraction of sp³-hybridized carbons (Fsp3) is 0.471. The first-order chi connectivity index (χ1) is 11.1. The number of aliphatic carboxylic acids is 1. The van der Waals surface area contributed by atoms with Gasteiger partial charge < -0.3 is 14.6 Å². The van der Waals surface area contributed by atoms with Gasteiger partial charge >= 0.3 is 5.97 Å². The van der Waals surface area contributed by atoms with Gasteiger partial charge in [-0.25, -0.2) is 0 Å². The summed E-state index contributed by atoms with van der Waals surface area (Å²) in [5.41, 5.74) is 2.16. The summed E-state index contributed by atoms with van der Waals surface area (Å²) in [5.74, 6) is 0.755. The van der Waals surface area contributed by atoms with Gasteiger partial charge in [0.2, 0.25) is 0 Å². The van der Waals surface area contributed by atoms with E-state index in [1.807, 2.05) is 30.1 Å². The second kappa shape index (κ2) is 6.60. The quantitative estimate of drug-likeness (QED) is 0.899. The summed E-state index contributed by atoms with van der Waals surface area (Å²) in [5, 5.41) is 9.30. The van der Waals surface area contributed by atoms with Crippen molar-refractivity contribution in [1.82, 2.24) is 9.80 Å². The van der Waals surface area contributed by atoms with Crippen LogP contribution in [0.2, 0.25) is 0 Å². The van der Waals surface area contributed by atoms with Gasteiger partial charge in [0.05, 0.1) is 7.11 Å². The molecule has 6 nitrogen and oxygen atoms in total. The molecule has 2 aliphatic rings. The van der Waals surface area contributed by atoms with Gasteiger partial charge in [-0.3, -0.25) is 14.6 Å². The summed E-state index contributed by atoms with van der Waals surface area (Å²) < 4.78 is 11.2. The predicted octanol–water partition coefficient (Wildman–Crippen LogP) is 1.17. The van der Waals surface area contributed by atoms with Crippen LogP contribution in [-0.4, -0.2) is 73.9 Å². The topological polar surface area (TPSA) is 62.2 Å². The van der Waals surface area contributed by atoms with Crippen LogP contribution in [0.1, 0.15) is 5.56 Å². The van der Waals surface area contributed by atoms with E-state index in [4.69, 9.17) is 9.47 Å². The average Bonchev–Trinajstić information content (AvgIpc) is 2.55. The summed E-state index contributed by atoms with van der Waals surface area (Å²) in [6, 6.07) is 5.38. The number of carboxylic acid groups (broad SMARTS) is 1. The van der Waals surface area contributed by atoms with Crippen molar-refractivity contribution in [3.8, 4) is 11.5 Å². The Morgan fingerprint density at radius 3 is 3.00 bits per heavy atom. The number of ether oxygens (including phenoxy) is 2. The van der Waals surface area contributed by atoms with Crippen LogP contribution in [0.4, 0.5) is 0 Å². The molecule has 6 heteroatoms. The highest BCUT2D eigenvalue weighted by Crippen LogP contribution is 2.35. The molecule has 0 aromatic heterocycles. The maximum atomic E-state index is 11.3. The molecule has 1 aromatic rings. The number of nitrogens with zero attached hydrogens (tertiary/aromatic N) is 2. The highest BCUT2D eigenvalue weighted by molar-refractivity contribution is 5.74. The number of hydrogen-bond donors (Lipinski definition) is 1. The Labute approximate surface area is 135 Å². The van der Waals surface area contributed by atoms with Crippen LogP contribution < -0.4 is 9.47 Å². The predicted molar refractivity (Wildman–Crippen MR) is 87.0 cm³/mol. The molecule has 23 heavy (non-hydrogen) atoms. The molecule has 2 heterocycles. The zero-order valence-electron chi connectivity index (χ0n) is 13.5. The van der Waals surface area contributed by atoms with Gasteiger partial charge in [-0.2, -0.15) is 0 Å². The van der Waals surface area contributed by atoms with Crippen molar-refractivity contribution in [2.75, 3.05) is 46.9 Å². The second-order valence-corrected chi connectivity index (χ2v) is 6.04. The molecule has 0 bridgehead atoms. The van der Waals surface area contributed by atoms with E-state index in [9.17, 15) is 9.90 Å². The largest absolute Gasteiger partial charge is 0.493 e. The fourth-order valence-corrected chi connectivity index (χ4v) is 3.11. The minimum Gasteiger partial charge on any atom is -0.493 e. The number of rotatable bonds is 4. The number of benzene rings is 1. The van der Waals surface area contributed by atoms with Crippen LogP contribution in [0.3, 0.4) is 0 Å². The third-order valence-corrected chi connectivity index (χ3v) is 4.43. The lowest BCUT2D eigenvalue weighted by Gasteiger charge is -2.37. The molecule has 0 saturated carbocycles. The first-order valence-electron chi connectivity index (χ1n) is 7.73. The molecule has 1 N–H and O–H groups in total. The number of likely N-dealkylation sites (N-methyl/N-ethyl adjacent to an activating group) is 1. The second-order valence-electron chi connectivity index (χ2n) is 6.04. The van der Waals surface area contributed by atoms with Crippen molar-refractivity contribution in [3.05, 3.63) is 29.3 Å².